The Balaban J connectivity index is 1.82. The van der Waals surface area contributed by atoms with Gasteiger partial charge in [-0.25, -0.2) is 4.98 Å². The van der Waals surface area contributed by atoms with Crippen LogP contribution >= 0.6 is 11.8 Å². The van der Waals surface area contributed by atoms with Crippen LogP contribution in [0.3, 0.4) is 0 Å². The minimum atomic E-state index is -0.332. The van der Waals surface area contributed by atoms with E-state index in [4.69, 9.17) is 4.52 Å². The molecule has 1 aromatic carbocycles. The lowest BCUT2D eigenvalue weighted by molar-refractivity contribution is -0.114. The fourth-order valence-corrected chi connectivity index (χ4v) is 2.99. The summed E-state index contributed by atoms with van der Waals surface area (Å²) in [5.41, 5.74) is 0.421. The largest absolute Gasteiger partial charge is 0.328 e. The summed E-state index contributed by atoms with van der Waals surface area (Å²) in [6, 6.07) is 7.13. The third-order valence-corrected chi connectivity index (χ3v) is 4.22. The van der Waals surface area contributed by atoms with Crippen molar-refractivity contribution in [3.8, 4) is 0 Å². The van der Waals surface area contributed by atoms with Crippen LogP contribution in [0.4, 0.5) is 6.01 Å². The number of fused-ring (bicyclic) bond motifs is 1. The van der Waals surface area contributed by atoms with E-state index in [0.717, 1.165) is 11.8 Å². The molecule has 3 rings (SSSR count). The quantitative estimate of drug-likeness (QED) is 0.409. The molecule has 25 heavy (non-hydrogen) atoms. The number of allylic oxidation sites excluding steroid dienone is 1. The van der Waals surface area contributed by atoms with Crippen molar-refractivity contribution in [2.75, 3.05) is 11.1 Å². The van der Waals surface area contributed by atoms with Gasteiger partial charge >= 0.3 is 6.01 Å². The lowest BCUT2D eigenvalue weighted by atomic mass is 10.2. The minimum absolute atomic E-state index is 0.0399. The molecule has 0 atom stereocenters. The Kier molecular flexibility index (Phi) is 4.94. The van der Waals surface area contributed by atoms with Crippen molar-refractivity contribution in [3.63, 3.8) is 0 Å². The van der Waals surface area contributed by atoms with E-state index in [-0.39, 0.29) is 23.2 Å². The number of para-hydroxylation sites is 1. The molecule has 0 aliphatic rings. The van der Waals surface area contributed by atoms with Crippen LogP contribution in [-0.2, 0) is 11.3 Å². The number of carbonyl (C=O) groups is 1. The molecule has 8 nitrogen and oxygen atoms in total. The Bertz CT molecular complexity index is 995. The molecule has 3 aromatic rings. The zero-order valence-corrected chi connectivity index (χ0v) is 14.2. The lowest BCUT2D eigenvalue weighted by Crippen LogP contribution is -2.23. The Morgan fingerprint density at radius 3 is 2.92 bits per heavy atom. The number of anilines is 1. The molecular weight excluding hydrogens is 342 g/mol. The average Bonchev–Trinajstić information content (AvgIpc) is 3.01. The minimum Gasteiger partial charge on any atom is -0.315 e. The third-order valence-electron chi connectivity index (χ3n) is 3.24. The van der Waals surface area contributed by atoms with Gasteiger partial charge in [0.2, 0.25) is 5.91 Å². The second kappa shape index (κ2) is 7.31. The molecule has 2 heterocycles. The van der Waals surface area contributed by atoms with Crippen molar-refractivity contribution in [3.05, 3.63) is 53.1 Å². The Morgan fingerprint density at radius 2 is 2.20 bits per heavy atom. The van der Waals surface area contributed by atoms with Gasteiger partial charge in [0.15, 0.2) is 11.0 Å². The second-order valence-corrected chi connectivity index (χ2v) is 6.04. The molecule has 0 bridgehead atoms. The van der Waals surface area contributed by atoms with Gasteiger partial charge in [0.05, 0.1) is 16.7 Å². The molecule has 128 valence electrons. The number of amides is 1. The molecule has 0 unspecified atom stereocenters. The van der Waals surface area contributed by atoms with Gasteiger partial charge in [0.25, 0.3) is 5.56 Å². The number of benzene rings is 1. The molecule has 0 saturated heterocycles. The normalized spacial score (nSPS) is 10.8. The number of aryl methyl sites for hydroxylation is 1. The molecular formula is C16H15N5O3S. The van der Waals surface area contributed by atoms with E-state index in [1.54, 1.807) is 31.2 Å². The van der Waals surface area contributed by atoms with E-state index in [9.17, 15) is 9.59 Å². The van der Waals surface area contributed by atoms with Crippen molar-refractivity contribution < 1.29 is 9.32 Å². The average molecular weight is 357 g/mol. The van der Waals surface area contributed by atoms with Gasteiger partial charge in [-0.05, 0) is 19.1 Å². The predicted molar refractivity (Wildman–Crippen MR) is 94.6 cm³/mol. The van der Waals surface area contributed by atoms with Gasteiger partial charge in [-0.1, -0.05) is 35.1 Å². The third kappa shape index (κ3) is 3.77. The first-order chi connectivity index (χ1) is 12.1. The molecule has 9 heteroatoms. The van der Waals surface area contributed by atoms with Crippen LogP contribution < -0.4 is 10.9 Å². The van der Waals surface area contributed by atoms with E-state index >= 15 is 0 Å². The molecule has 0 radical (unpaired) electrons. The summed E-state index contributed by atoms with van der Waals surface area (Å²) >= 11 is 1.15. The fourth-order valence-electron chi connectivity index (χ4n) is 2.18. The zero-order valence-electron chi connectivity index (χ0n) is 13.4. The Hall–Kier alpha value is -2.94. The van der Waals surface area contributed by atoms with Gasteiger partial charge in [-0.2, -0.15) is 4.98 Å². The number of nitrogens with zero attached hydrogens (tertiary/aromatic N) is 4. The van der Waals surface area contributed by atoms with Gasteiger partial charge in [-0.3, -0.25) is 19.5 Å². The van der Waals surface area contributed by atoms with Crippen LogP contribution in [0, 0.1) is 6.92 Å². The number of aromatic nitrogens is 4. The first kappa shape index (κ1) is 16.9. The van der Waals surface area contributed by atoms with Gasteiger partial charge in [-0.15, -0.1) is 6.58 Å². The van der Waals surface area contributed by atoms with E-state index in [0.29, 0.717) is 28.4 Å². The van der Waals surface area contributed by atoms with Crippen LogP contribution in [0.15, 0.2) is 51.4 Å². The summed E-state index contributed by atoms with van der Waals surface area (Å²) < 4.78 is 6.33. The van der Waals surface area contributed by atoms with Gasteiger partial charge < -0.3 is 4.52 Å². The van der Waals surface area contributed by atoms with Crippen LogP contribution in [0.5, 0.6) is 0 Å². The van der Waals surface area contributed by atoms with Crippen molar-refractivity contribution in [2.45, 2.75) is 18.6 Å². The van der Waals surface area contributed by atoms with E-state index in [1.165, 1.54) is 4.57 Å². The molecule has 0 aliphatic carbocycles. The number of carbonyl (C=O) groups excluding carboxylic acids is 1. The molecule has 0 fully saturated rings. The molecule has 1 N–H and O–H groups in total. The van der Waals surface area contributed by atoms with Crippen molar-refractivity contribution in [1.29, 1.82) is 0 Å². The molecule has 0 spiro atoms. The lowest BCUT2D eigenvalue weighted by Gasteiger charge is -2.11. The summed E-state index contributed by atoms with van der Waals surface area (Å²) in [5.74, 6) is 0.142. The molecule has 0 saturated carbocycles. The molecule has 2 aromatic heterocycles. The van der Waals surface area contributed by atoms with Crippen LogP contribution in [0.1, 0.15) is 5.82 Å². The second-order valence-electron chi connectivity index (χ2n) is 5.10. The number of hydrogen-bond acceptors (Lipinski definition) is 7. The highest BCUT2D eigenvalue weighted by atomic mass is 32.2. The van der Waals surface area contributed by atoms with Crippen LogP contribution in [0.25, 0.3) is 10.9 Å². The van der Waals surface area contributed by atoms with Gasteiger partial charge in [0, 0.05) is 6.54 Å². The Labute approximate surface area is 147 Å². The summed E-state index contributed by atoms with van der Waals surface area (Å²) in [5, 5.41) is 7.07. The summed E-state index contributed by atoms with van der Waals surface area (Å²) in [4.78, 5) is 33.0. The summed E-state index contributed by atoms with van der Waals surface area (Å²) in [7, 11) is 0. The smallest absolute Gasteiger partial charge is 0.315 e. The molecule has 1 amide bonds. The SMILES string of the molecule is C=CCn1c(SCC(=O)Nc2nc(C)no2)nc2ccccc2c1=O. The molecule has 0 aliphatic heterocycles. The summed E-state index contributed by atoms with van der Waals surface area (Å²) in [6.45, 7) is 5.63. The van der Waals surface area contributed by atoms with Crippen molar-refractivity contribution in [1.82, 2.24) is 19.7 Å². The topological polar surface area (TPSA) is 103 Å². The maximum atomic E-state index is 12.6. The van der Waals surface area contributed by atoms with Crippen LogP contribution in [-0.4, -0.2) is 31.4 Å². The van der Waals surface area contributed by atoms with E-state index < -0.39 is 0 Å². The highest BCUT2D eigenvalue weighted by Gasteiger charge is 2.14. The van der Waals surface area contributed by atoms with Crippen molar-refractivity contribution in [2.24, 2.45) is 0 Å². The highest BCUT2D eigenvalue weighted by Crippen LogP contribution is 2.18. The standard InChI is InChI=1S/C16H15N5O3S/c1-3-8-21-14(23)11-6-4-5-7-12(11)18-16(21)25-9-13(22)19-15-17-10(2)20-24-15/h3-7H,1,8-9H2,2H3,(H,17,19,20,22). The fraction of sp³-hybridized carbons (Fsp3) is 0.188. The predicted octanol–water partition coefficient (Wildman–Crippen LogP) is 2.00. The first-order valence-corrected chi connectivity index (χ1v) is 8.40. The zero-order chi connectivity index (χ0) is 17.8. The van der Waals surface area contributed by atoms with E-state index in [1.807, 2.05) is 6.07 Å². The van der Waals surface area contributed by atoms with E-state index in [2.05, 4.69) is 27.0 Å². The maximum absolute atomic E-state index is 12.6. The number of thioether (sulfide) groups is 1. The number of hydrogen-bond donors (Lipinski definition) is 1. The number of rotatable bonds is 6. The maximum Gasteiger partial charge on any atom is 0.328 e. The Morgan fingerprint density at radius 1 is 1.40 bits per heavy atom. The van der Waals surface area contributed by atoms with Crippen LogP contribution in [0.2, 0.25) is 0 Å². The number of nitrogens with one attached hydrogen (secondary N) is 1. The van der Waals surface area contributed by atoms with Crippen molar-refractivity contribution >= 4 is 34.6 Å². The van der Waals surface area contributed by atoms with Gasteiger partial charge in [0.1, 0.15) is 0 Å². The summed E-state index contributed by atoms with van der Waals surface area (Å²) in [6.07, 6.45) is 1.61. The highest BCUT2D eigenvalue weighted by molar-refractivity contribution is 7.99. The first-order valence-electron chi connectivity index (χ1n) is 7.42. The monoisotopic (exact) mass is 357 g/mol.